The van der Waals surface area contributed by atoms with Crippen molar-refractivity contribution in [3.63, 3.8) is 0 Å². The predicted octanol–water partition coefficient (Wildman–Crippen LogP) is 2.97. The van der Waals surface area contributed by atoms with Crippen molar-refractivity contribution in [3.8, 4) is 0 Å². The van der Waals surface area contributed by atoms with Crippen LogP contribution < -0.4 is 10.6 Å². The maximum atomic E-state index is 5.84. The van der Waals surface area contributed by atoms with Crippen LogP contribution in [-0.2, 0) is 13.0 Å². The van der Waals surface area contributed by atoms with Gasteiger partial charge in [0.1, 0.15) is 5.52 Å². The first kappa shape index (κ1) is 11.3. The van der Waals surface area contributed by atoms with Crippen molar-refractivity contribution in [1.82, 2.24) is 4.98 Å². The third-order valence-corrected chi connectivity index (χ3v) is 3.80. The van der Waals surface area contributed by atoms with Gasteiger partial charge in [0.05, 0.1) is 0 Å². The van der Waals surface area contributed by atoms with Crippen molar-refractivity contribution < 1.29 is 4.42 Å². The summed E-state index contributed by atoms with van der Waals surface area (Å²) in [6, 6.07) is 14.8. The highest BCUT2D eigenvalue weighted by Crippen LogP contribution is 2.27. The van der Waals surface area contributed by atoms with Crippen molar-refractivity contribution in [3.05, 3.63) is 53.6 Å². The van der Waals surface area contributed by atoms with E-state index in [1.807, 2.05) is 18.2 Å². The zero-order valence-electron chi connectivity index (χ0n) is 11.0. The molecular weight excluding hydrogens is 250 g/mol. The summed E-state index contributed by atoms with van der Waals surface area (Å²) in [6.45, 7) is 1.78. The molecule has 3 aromatic rings. The second-order valence-corrected chi connectivity index (χ2v) is 5.16. The highest BCUT2D eigenvalue weighted by Gasteiger charge is 2.20. The number of benzene rings is 2. The van der Waals surface area contributed by atoms with Crippen molar-refractivity contribution in [2.75, 3.05) is 17.2 Å². The normalized spacial score (nSPS) is 14.5. The molecule has 1 aliphatic heterocycles. The Balaban J connectivity index is 1.70. The van der Waals surface area contributed by atoms with Gasteiger partial charge in [0, 0.05) is 18.8 Å². The van der Waals surface area contributed by atoms with E-state index in [2.05, 4.69) is 34.1 Å². The van der Waals surface area contributed by atoms with E-state index in [9.17, 15) is 0 Å². The van der Waals surface area contributed by atoms with Crippen LogP contribution in [0.4, 0.5) is 11.7 Å². The molecule has 20 heavy (non-hydrogen) atoms. The summed E-state index contributed by atoms with van der Waals surface area (Å²) in [6.07, 6.45) is 1.02. The SMILES string of the molecule is Nc1ccc2oc(N3CCc4ccccc4C3)nc2c1. The first-order valence-electron chi connectivity index (χ1n) is 6.77. The van der Waals surface area contributed by atoms with Crippen LogP contribution in [0.1, 0.15) is 11.1 Å². The Morgan fingerprint density at radius 1 is 1.10 bits per heavy atom. The van der Waals surface area contributed by atoms with Gasteiger partial charge in [-0.25, -0.2) is 0 Å². The molecule has 2 aromatic carbocycles. The minimum Gasteiger partial charge on any atom is -0.423 e. The molecule has 0 spiro atoms. The van der Waals surface area contributed by atoms with Crippen LogP contribution in [0.25, 0.3) is 11.1 Å². The number of hydrogen-bond acceptors (Lipinski definition) is 4. The van der Waals surface area contributed by atoms with Gasteiger partial charge in [-0.05, 0) is 35.7 Å². The molecule has 2 heterocycles. The Labute approximate surface area is 116 Å². The lowest BCUT2D eigenvalue weighted by Crippen LogP contribution is -2.30. The number of hydrogen-bond donors (Lipinski definition) is 1. The lowest BCUT2D eigenvalue weighted by atomic mass is 10.0. The number of nitrogen functional groups attached to an aromatic ring is 1. The van der Waals surface area contributed by atoms with E-state index in [0.717, 1.165) is 30.6 Å². The predicted molar refractivity (Wildman–Crippen MR) is 79.6 cm³/mol. The fourth-order valence-corrected chi connectivity index (χ4v) is 2.73. The summed E-state index contributed by atoms with van der Waals surface area (Å²) in [5, 5.41) is 0. The van der Waals surface area contributed by atoms with Crippen LogP contribution in [0.2, 0.25) is 0 Å². The molecule has 0 radical (unpaired) electrons. The van der Waals surface area contributed by atoms with Gasteiger partial charge in [0.15, 0.2) is 5.58 Å². The summed E-state index contributed by atoms with van der Waals surface area (Å²) < 4.78 is 5.84. The number of rotatable bonds is 1. The van der Waals surface area contributed by atoms with E-state index in [1.165, 1.54) is 11.1 Å². The van der Waals surface area contributed by atoms with Crippen molar-refractivity contribution in [2.45, 2.75) is 13.0 Å². The Morgan fingerprint density at radius 3 is 2.85 bits per heavy atom. The average molecular weight is 265 g/mol. The van der Waals surface area contributed by atoms with E-state index in [4.69, 9.17) is 10.2 Å². The first-order chi connectivity index (χ1) is 9.79. The fraction of sp³-hybridized carbons (Fsp3) is 0.188. The van der Waals surface area contributed by atoms with Gasteiger partial charge in [-0.1, -0.05) is 24.3 Å². The molecule has 1 aliphatic rings. The van der Waals surface area contributed by atoms with Crippen LogP contribution in [0.5, 0.6) is 0 Å². The highest BCUT2D eigenvalue weighted by atomic mass is 16.4. The monoisotopic (exact) mass is 265 g/mol. The third-order valence-electron chi connectivity index (χ3n) is 3.80. The van der Waals surface area contributed by atoms with Gasteiger partial charge in [-0.3, -0.25) is 0 Å². The maximum Gasteiger partial charge on any atom is 0.298 e. The van der Waals surface area contributed by atoms with Gasteiger partial charge in [0.25, 0.3) is 6.01 Å². The molecule has 0 aliphatic carbocycles. The zero-order chi connectivity index (χ0) is 13.5. The Kier molecular flexibility index (Phi) is 2.42. The molecule has 0 atom stereocenters. The molecule has 0 fully saturated rings. The third kappa shape index (κ3) is 1.81. The maximum absolute atomic E-state index is 5.84. The summed E-state index contributed by atoms with van der Waals surface area (Å²) in [7, 11) is 0. The summed E-state index contributed by atoms with van der Waals surface area (Å²) in [5.74, 6) is 0. The van der Waals surface area contributed by atoms with Crippen LogP contribution in [0.3, 0.4) is 0 Å². The number of nitrogens with zero attached hydrogens (tertiary/aromatic N) is 2. The van der Waals surface area contributed by atoms with Gasteiger partial charge >= 0.3 is 0 Å². The molecule has 0 bridgehead atoms. The molecule has 2 N–H and O–H groups in total. The second kappa shape index (κ2) is 4.27. The number of fused-ring (bicyclic) bond motifs is 2. The topological polar surface area (TPSA) is 55.3 Å². The van der Waals surface area contributed by atoms with Gasteiger partial charge in [-0.15, -0.1) is 0 Å². The Hall–Kier alpha value is -2.49. The van der Waals surface area contributed by atoms with E-state index in [1.54, 1.807) is 0 Å². The number of anilines is 2. The molecular formula is C16H15N3O. The van der Waals surface area contributed by atoms with Crippen molar-refractivity contribution in [2.24, 2.45) is 0 Å². The molecule has 0 unspecified atom stereocenters. The smallest absolute Gasteiger partial charge is 0.298 e. The highest BCUT2D eigenvalue weighted by molar-refractivity contribution is 5.78. The van der Waals surface area contributed by atoms with Crippen molar-refractivity contribution >= 4 is 22.8 Å². The van der Waals surface area contributed by atoms with Crippen LogP contribution in [0.15, 0.2) is 46.9 Å². The number of nitrogens with two attached hydrogens (primary N) is 1. The van der Waals surface area contributed by atoms with E-state index >= 15 is 0 Å². The van der Waals surface area contributed by atoms with Crippen LogP contribution in [0, 0.1) is 0 Å². The lowest BCUT2D eigenvalue weighted by Gasteiger charge is -2.27. The van der Waals surface area contributed by atoms with E-state index in [0.29, 0.717) is 11.7 Å². The quantitative estimate of drug-likeness (QED) is 0.687. The molecule has 4 nitrogen and oxygen atoms in total. The summed E-state index contributed by atoms with van der Waals surface area (Å²) in [4.78, 5) is 6.73. The fourth-order valence-electron chi connectivity index (χ4n) is 2.73. The lowest BCUT2D eigenvalue weighted by molar-refractivity contribution is 0.554. The Morgan fingerprint density at radius 2 is 1.95 bits per heavy atom. The average Bonchev–Trinajstić information content (AvgIpc) is 2.89. The van der Waals surface area contributed by atoms with Gasteiger partial charge < -0.3 is 15.1 Å². The molecule has 100 valence electrons. The minimum atomic E-state index is 0.681. The molecule has 1 aromatic heterocycles. The van der Waals surface area contributed by atoms with Gasteiger partial charge in [0.2, 0.25) is 0 Å². The first-order valence-corrected chi connectivity index (χ1v) is 6.77. The number of aromatic nitrogens is 1. The standard InChI is InChI=1S/C16H15N3O/c17-13-5-6-15-14(9-13)18-16(20-15)19-8-7-11-3-1-2-4-12(11)10-19/h1-6,9H,7-8,10,17H2. The Bertz CT molecular complexity index is 778. The minimum absolute atomic E-state index is 0.681. The largest absolute Gasteiger partial charge is 0.423 e. The summed E-state index contributed by atoms with van der Waals surface area (Å²) in [5.41, 5.74) is 10.9. The molecule has 4 rings (SSSR count). The van der Waals surface area contributed by atoms with Crippen LogP contribution >= 0.6 is 0 Å². The van der Waals surface area contributed by atoms with Crippen molar-refractivity contribution in [1.29, 1.82) is 0 Å². The number of oxazole rings is 1. The van der Waals surface area contributed by atoms with Gasteiger partial charge in [-0.2, -0.15) is 4.98 Å². The van der Waals surface area contributed by atoms with E-state index < -0.39 is 0 Å². The van der Waals surface area contributed by atoms with E-state index in [-0.39, 0.29) is 0 Å². The zero-order valence-corrected chi connectivity index (χ0v) is 11.0. The molecule has 0 amide bonds. The molecule has 0 saturated carbocycles. The van der Waals surface area contributed by atoms with Crippen LogP contribution in [-0.4, -0.2) is 11.5 Å². The summed E-state index contributed by atoms with van der Waals surface area (Å²) >= 11 is 0. The molecule has 0 saturated heterocycles. The molecule has 4 heteroatoms. The second-order valence-electron chi connectivity index (χ2n) is 5.16.